The van der Waals surface area contributed by atoms with Crippen LogP contribution in [0.1, 0.15) is 10.4 Å². The summed E-state index contributed by atoms with van der Waals surface area (Å²) in [7, 11) is 1.60. The number of anilines is 2. The highest BCUT2D eigenvalue weighted by Crippen LogP contribution is 2.19. The topological polar surface area (TPSA) is 67.1 Å². The van der Waals surface area contributed by atoms with Crippen molar-refractivity contribution in [3.8, 4) is 12.3 Å². The molecule has 0 unspecified atom stereocenters. The number of carbonyl (C=O) groups is 1. The number of hydrogen-bond acceptors (Lipinski definition) is 4. The molecule has 5 heteroatoms. The van der Waals surface area contributed by atoms with Gasteiger partial charge in [-0.3, -0.25) is 4.79 Å². The largest absolute Gasteiger partial charge is 0.399 e. The van der Waals surface area contributed by atoms with E-state index >= 15 is 0 Å². The molecule has 0 aliphatic heterocycles. The molecule has 96 valence electrons. The summed E-state index contributed by atoms with van der Waals surface area (Å²) in [5.41, 5.74) is 7.68. The summed E-state index contributed by atoms with van der Waals surface area (Å²) in [5.74, 6) is 4.01. The van der Waals surface area contributed by atoms with Crippen molar-refractivity contribution >= 4 is 29.0 Å². The van der Waals surface area contributed by atoms with Crippen molar-refractivity contribution < 1.29 is 4.79 Å². The van der Waals surface area contributed by atoms with Gasteiger partial charge in [0.15, 0.2) is 0 Å². The van der Waals surface area contributed by atoms with Gasteiger partial charge in [0.2, 0.25) is 0 Å². The molecule has 0 atom stereocenters. The second kappa shape index (κ2) is 7.51. The van der Waals surface area contributed by atoms with Crippen LogP contribution in [0.25, 0.3) is 0 Å². The van der Waals surface area contributed by atoms with E-state index in [9.17, 15) is 4.79 Å². The summed E-state index contributed by atoms with van der Waals surface area (Å²) in [6.07, 6.45) is 5.16. The third-order valence-electron chi connectivity index (χ3n) is 2.26. The first-order valence-corrected chi connectivity index (χ1v) is 6.71. The number of rotatable bonds is 6. The number of nitrogen functional groups attached to an aromatic ring is 1. The highest BCUT2D eigenvalue weighted by Gasteiger charge is 2.09. The number of benzene rings is 1. The van der Waals surface area contributed by atoms with Crippen molar-refractivity contribution in [3.63, 3.8) is 0 Å². The Bertz CT molecular complexity index is 454. The van der Waals surface area contributed by atoms with Crippen LogP contribution >= 0.6 is 11.8 Å². The molecule has 1 aromatic rings. The van der Waals surface area contributed by atoms with E-state index in [-0.39, 0.29) is 5.91 Å². The molecule has 0 heterocycles. The van der Waals surface area contributed by atoms with Gasteiger partial charge in [0.1, 0.15) is 0 Å². The van der Waals surface area contributed by atoms with Gasteiger partial charge in [-0.1, -0.05) is 5.92 Å². The van der Waals surface area contributed by atoms with E-state index < -0.39 is 0 Å². The predicted octanol–water partition coefficient (Wildman–Crippen LogP) is 1.41. The number of amides is 1. The van der Waals surface area contributed by atoms with E-state index in [2.05, 4.69) is 16.6 Å². The minimum atomic E-state index is -0.131. The van der Waals surface area contributed by atoms with Crippen molar-refractivity contribution in [1.29, 1.82) is 0 Å². The maximum absolute atomic E-state index is 11.7. The second-order valence-electron chi connectivity index (χ2n) is 3.57. The molecule has 1 amide bonds. The molecule has 1 rings (SSSR count). The number of nitrogens with one attached hydrogen (secondary N) is 2. The molecule has 0 aliphatic carbocycles. The standard InChI is InChI=1S/C13H17N3OS/c1-3-7-18-8-6-16-12-9-10(14)4-5-11(12)13(17)15-2/h1,4-5,9,16H,6-8,14H2,2H3,(H,15,17). The summed E-state index contributed by atoms with van der Waals surface area (Å²) in [5, 5.41) is 5.80. The van der Waals surface area contributed by atoms with Gasteiger partial charge in [0, 0.05) is 30.7 Å². The smallest absolute Gasteiger partial charge is 0.253 e. The van der Waals surface area contributed by atoms with Gasteiger partial charge in [-0.05, 0) is 18.2 Å². The third-order valence-corrected chi connectivity index (χ3v) is 3.13. The summed E-state index contributed by atoms with van der Waals surface area (Å²) in [6, 6.07) is 5.18. The Balaban J connectivity index is 2.65. The maximum Gasteiger partial charge on any atom is 0.253 e. The van der Waals surface area contributed by atoms with Crippen molar-refractivity contribution in [2.24, 2.45) is 0 Å². The lowest BCUT2D eigenvalue weighted by Crippen LogP contribution is -2.20. The zero-order valence-electron chi connectivity index (χ0n) is 10.3. The van der Waals surface area contributed by atoms with Gasteiger partial charge >= 0.3 is 0 Å². The molecule has 4 N–H and O–H groups in total. The van der Waals surface area contributed by atoms with Crippen LogP contribution in [0.3, 0.4) is 0 Å². The lowest BCUT2D eigenvalue weighted by Gasteiger charge is -2.11. The van der Waals surface area contributed by atoms with Gasteiger partial charge in [-0.25, -0.2) is 0 Å². The number of nitrogens with two attached hydrogens (primary N) is 1. The quantitative estimate of drug-likeness (QED) is 0.412. The third kappa shape index (κ3) is 4.22. The Morgan fingerprint density at radius 3 is 3.00 bits per heavy atom. The first-order valence-electron chi connectivity index (χ1n) is 5.55. The molecule has 1 aromatic carbocycles. The molecule has 0 saturated heterocycles. The van der Waals surface area contributed by atoms with Crippen molar-refractivity contribution in [1.82, 2.24) is 5.32 Å². The average molecular weight is 263 g/mol. The van der Waals surface area contributed by atoms with E-state index in [1.165, 1.54) is 0 Å². The van der Waals surface area contributed by atoms with Crippen molar-refractivity contribution in [2.45, 2.75) is 0 Å². The Hall–Kier alpha value is -1.80. The van der Waals surface area contributed by atoms with Crippen molar-refractivity contribution in [3.05, 3.63) is 23.8 Å². The van der Waals surface area contributed by atoms with Gasteiger partial charge in [-0.15, -0.1) is 18.2 Å². The van der Waals surface area contributed by atoms with Gasteiger partial charge in [0.05, 0.1) is 11.3 Å². The summed E-state index contributed by atoms with van der Waals surface area (Å²) < 4.78 is 0. The van der Waals surface area contributed by atoms with E-state index in [1.807, 2.05) is 0 Å². The van der Waals surface area contributed by atoms with E-state index in [1.54, 1.807) is 37.0 Å². The van der Waals surface area contributed by atoms with Crippen LogP contribution < -0.4 is 16.4 Å². The second-order valence-corrected chi connectivity index (χ2v) is 4.67. The molecule has 0 bridgehead atoms. The van der Waals surface area contributed by atoms with Gasteiger partial charge in [0.25, 0.3) is 5.91 Å². The zero-order chi connectivity index (χ0) is 13.4. The maximum atomic E-state index is 11.7. The lowest BCUT2D eigenvalue weighted by atomic mass is 10.1. The normalized spacial score (nSPS) is 9.56. The predicted molar refractivity (Wildman–Crippen MR) is 78.9 cm³/mol. The van der Waals surface area contributed by atoms with Crippen LogP contribution in [0.2, 0.25) is 0 Å². The summed E-state index contributed by atoms with van der Waals surface area (Å²) in [6.45, 7) is 0.736. The van der Waals surface area contributed by atoms with E-state index in [0.29, 0.717) is 17.0 Å². The minimum Gasteiger partial charge on any atom is -0.399 e. The van der Waals surface area contributed by atoms with E-state index in [0.717, 1.165) is 18.0 Å². The fourth-order valence-corrected chi connectivity index (χ4v) is 1.94. The number of terminal acetylenes is 1. The number of thioether (sulfide) groups is 1. The van der Waals surface area contributed by atoms with Crippen LogP contribution in [-0.2, 0) is 0 Å². The minimum absolute atomic E-state index is 0.131. The highest BCUT2D eigenvalue weighted by atomic mass is 32.2. The first-order chi connectivity index (χ1) is 8.69. The number of hydrogen-bond donors (Lipinski definition) is 3. The Morgan fingerprint density at radius 1 is 1.56 bits per heavy atom. The Labute approximate surface area is 112 Å². The monoisotopic (exact) mass is 263 g/mol. The molecule has 18 heavy (non-hydrogen) atoms. The highest BCUT2D eigenvalue weighted by molar-refractivity contribution is 7.99. The molecule has 0 fully saturated rings. The van der Waals surface area contributed by atoms with Crippen LogP contribution in [0.5, 0.6) is 0 Å². The first kappa shape index (κ1) is 14.3. The molecular formula is C13H17N3OS. The Morgan fingerprint density at radius 2 is 2.33 bits per heavy atom. The summed E-state index contributed by atoms with van der Waals surface area (Å²) in [4.78, 5) is 11.7. The van der Waals surface area contributed by atoms with Crippen LogP contribution in [-0.4, -0.2) is 31.0 Å². The molecular weight excluding hydrogens is 246 g/mol. The van der Waals surface area contributed by atoms with E-state index in [4.69, 9.17) is 12.2 Å². The SMILES string of the molecule is C#CCSCCNc1cc(N)ccc1C(=O)NC. The molecule has 0 aliphatic rings. The van der Waals surface area contributed by atoms with Crippen molar-refractivity contribution in [2.75, 3.05) is 36.1 Å². The number of carbonyl (C=O) groups excluding carboxylic acids is 1. The van der Waals surface area contributed by atoms with Crippen LogP contribution in [0, 0.1) is 12.3 Å². The average Bonchev–Trinajstić information content (AvgIpc) is 2.38. The Kier molecular flexibility index (Phi) is 5.95. The molecule has 0 saturated carbocycles. The zero-order valence-corrected chi connectivity index (χ0v) is 11.1. The van der Waals surface area contributed by atoms with Gasteiger partial charge in [-0.2, -0.15) is 0 Å². The fourth-order valence-electron chi connectivity index (χ4n) is 1.43. The molecule has 0 spiro atoms. The summed E-state index contributed by atoms with van der Waals surface area (Å²) >= 11 is 1.67. The lowest BCUT2D eigenvalue weighted by molar-refractivity contribution is 0.0964. The molecule has 4 nitrogen and oxygen atoms in total. The van der Waals surface area contributed by atoms with Crippen LogP contribution in [0.15, 0.2) is 18.2 Å². The molecule has 0 radical (unpaired) electrons. The molecule has 0 aromatic heterocycles. The van der Waals surface area contributed by atoms with Gasteiger partial charge < -0.3 is 16.4 Å². The van der Waals surface area contributed by atoms with Crippen LogP contribution in [0.4, 0.5) is 11.4 Å². The fraction of sp³-hybridized carbons (Fsp3) is 0.308.